The van der Waals surface area contributed by atoms with E-state index in [0.717, 1.165) is 34.0 Å². The van der Waals surface area contributed by atoms with Crippen molar-refractivity contribution in [2.24, 2.45) is 0 Å². The zero-order valence-electron chi connectivity index (χ0n) is 11.6. The summed E-state index contributed by atoms with van der Waals surface area (Å²) in [5.74, 6) is 2.20. The van der Waals surface area contributed by atoms with Gasteiger partial charge in [-0.05, 0) is 30.7 Å². The number of methoxy groups -OCH3 is 2. The van der Waals surface area contributed by atoms with E-state index in [1.54, 1.807) is 20.4 Å². The van der Waals surface area contributed by atoms with Crippen LogP contribution in [0.1, 0.15) is 5.56 Å². The molecule has 5 heteroatoms. The fourth-order valence-electron chi connectivity index (χ4n) is 2.09. The molecule has 0 aliphatic carbocycles. The summed E-state index contributed by atoms with van der Waals surface area (Å²) in [7, 11) is 3.25. The van der Waals surface area contributed by atoms with Crippen LogP contribution in [0.25, 0.3) is 22.6 Å². The number of aromatic amines is 1. The van der Waals surface area contributed by atoms with Gasteiger partial charge in [-0.25, -0.2) is 9.97 Å². The number of hydrogen-bond acceptors (Lipinski definition) is 4. The van der Waals surface area contributed by atoms with Gasteiger partial charge in [0.25, 0.3) is 0 Å². The maximum absolute atomic E-state index is 5.27. The Kier molecular flexibility index (Phi) is 3.02. The molecule has 2 aromatic heterocycles. The Hall–Kier alpha value is -2.56. The largest absolute Gasteiger partial charge is 0.497 e. The third kappa shape index (κ3) is 2.18. The summed E-state index contributed by atoms with van der Waals surface area (Å²) >= 11 is 0. The number of pyridine rings is 1. The minimum absolute atomic E-state index is 0.701. The molecule has 0 atom stereocenters. The molecule has 0 fully saturated rings. The van der Waals surface area contributed by atoms with Crippen LogP contribution in [0, 0.1) is 6.92 Å². The highest BCUT2D eigenvalue weighted by Gasteiger charge is 2.09. The van der Waals surface area contributed by atoms with Crippen molar-refractivity contribution in [2.75, 3.05) is 14.2 Å². The molecule has 0 unspecified atom stereocenters. The van der Waals surface area contributed by atoms with Gasteiger partial charge in [0.2, 0.25) is 0 Å². The Labute approximate surface area is 116 Å². The number of imidazole rings is 1. The van der Waals surface area contributed by atoms with Gasteiger partial charge < -0.3 is 14.5 Å². The second-order valence-electron chi connectivity index (χ2n) is 4.57. The van der Waals surface area contributed by atoms with E-state index in [1.165, 1.54) is 0 Å². The van der Waals surface area contributed by atoms with Gasteiger partial charge in [-0.15, -0.1) is 0 Å². The molecule has 0 amide bonds. The minimum Gasteiger partial charge on any atom is -0.497 e. The molecule has 2 heterocycles. The Morgan fingerprint density at radius 2 is 1.70 bits per heavy atom. The van der Waals surface area contributed by atoms with E-state index in [1.807, 2.05) is 31.2 Å². The van der Waals surface area contributed by atoms with E-state index in [-0.39, 0.29) is 0 Å². The van der Waals surface area contributed by atoms with Gasteiger partial charge in [0.15, 0.2) is 5.65 Å². The number of rotatable bonds is 3. The lowest BCUT2D eigenvalue weighted by molar-refractivity contribution is 0.394. The van der Waals surface area contributed by atoms with Crippen molar-refractivity contribution in [1.82, 2.24) is 15.0 Å². The number of nitrogens with one attached hydrogen (secondary N) is 1. The van der Waals surface area contributed by atoms with Crippen molar-refractivity contribution >= 4 is 11.2 Å². The predicted molar refractivity (Wildman–Crippen MR) is 77.2 cm³/mol. The summed E-state index contributed by atoms with van der Waals surface area (Å²) in [4.78, 5) is 12.1. The SMILES string of the molecule is COc1cc(OC)cc(-c2nc3ncc(C)cc3[nH]2)c1. The number of fused-ring (bicyclic) bond motifs is 1. The van der Waals surface area contributed by atoms with Gasteiger partial charge in [-0.2, -0.15) is 0 Å². The Morgan fingerprint density at radius 3 is 2.35 bits per heavy atom. The highest BCUT2D eigenvalue weighted by atomic mass is 16.5. The molecule has 102 valence electrons. The lowest BCUT2D eigenvalue weighted by Crippen LogP contribution is -1.89. The van der Waals surface area contributed by atoms with Crippen LogP contribution < -0.4 is 9.47 Å². The second-order valence-corrected chi connectivity index (χ2v) is 4.57. The van der Waals surface area contributed by atoms with Crippen LogP contribution in [0.15, 0.2) is 30.5 Å². The first-order valence-corrected chi connectivity index (χ1v) is 6.25. The van der Waals surface area contributed by atoms with Crippen LogP contribution in [0.3, 0.4) is 0 Å². The molecule has 1 aromatic carbocycles. The normalized spacial score (nSPS) is 10.8. The maximum Gasteiger partial charge on any atom is 0.178 e. The van der Waals surface area contributed by atoms with E-state index in [9.17, 15) is 0 Å². The van der Waals surface area contributed by atoms with Crippen LogP contribution in [0.5, 0.6) is 11.5 Å². The number of benzene rings is 1. The molecular formula is C15H15N3O2. The van der Waals surface area contributed by atoms with Gasteiger partial charge >= 0.3 is 0 Å². The first-order valence-electron chi connectivity index (χ1n) is 6.25. The monoisotopic (exact) mass is 269 g/mol. The van der Waals surface area contributed by atoms with Crippen molar-refractivity contribution in [3.8, 4) is 22.9 Å². The quantitative estimate of drug-likeness (QED) is 0.794. The molecule has 0 spiro atoms. The molecule has 3 rings (SSSR count). The van der Waals surface area contributed by atoms with Crippen LogP contribution in [0.4, 0.5) is 0 Å². The molecule has 0 saturated carbocycles. The van der Waals surface area contributed by atoms with Crippen molar-refractivity contribution in [1.29, 1.82) is 0 Å². The van der Waals surface area contributed by atoms with Crippen molar-refractivity contribution < 1.29 is 9.47 Å². The van der Waals surface area contributed by atoms with E-state index in [4.69, 9.17) is 9.47 Å². The molecule has 1 N–H and O–H groups in total. The lowest BCUT2D eigenvalue weighted by Gasteiger charge is -2.06. The van der Waals surface area contributed by atoms with Crippen molar-refractivity contribution in [2.45, 2.75) is 6.92 Å². The first-order chi connectivity index (χ1) is 9.69. The highest BCUT2D eigenvalue weighted by Crippen LogP contribution is 2.29. The summed E-state index contributed by atoms with van der Waals surface area (Å²) in [6.07, 6.45) is 1.80. The number of nitrogens with zero attached hydrogens (tertiary/aromatic N) is 2. The number of aromatic nitrogens is 3. The molecule has 5 nitrogen and oxygen atoms in total. The molecule has 0 saturated heterocycles. The molecular weight excluding hydrogens is 254 g/mol. The zero-order chi connectivity index (χ0) is 14.1. The molecule has 0 bridgehead atoms. The average Bonchev–Trinajstić information content (AvgIpc) is 2.89. The third-order valence-corrected chi connectivity index (χ3v) is 3.10. The van der Waals surface area contributed by atoms with Crippen molar-refractivity contribution in [3.63, 3.8) is 0 Å². The van der Waals surface area contributed by atoms with E-state index < -0.39 is 0 Å². The summed E-state index contributed by atoms with van der Waals surface area (Å²) in [6, 6.07) is 7.67. The molecule has 3 aromatic rings. The van der Waals surface area contributed by atoms with E-state index in [0.29, 0.717) is 5.65 Å². The summed E-state index contributed by atoms with van der Waals surface area (Å²) in [5, 5.41) is 0. The van der Waals surface area contributed by atoms with Gasteiger partial charge in [0, 0.05) is 17.8 Å². The first kappa shape index (κ1) is 12.5. The summed E-state index contributed by atoms with van der Waals surface area (Å²) < 4.78 is 10.5. The van der Waals surface area contributed by atoms with Gasteiger partial charge in [0.05, 0.1) is 19.7 Å². The van der Waals surface area contributed by atoms with Crippen LogP contribution in [-0.4, -0.2) is 29.2 Å². The minimum atomic E-state index is 0.701. The number of aryl methyl sites for hydroxylation is 1. The molecule has 0 aliphatic heterocycles. The fourth-order valence-corrected chi connectivity index (χ4v) is 2.09. The lowest BCUT2D eigenvalue weighted by atomic mass is 10.2. The van der Waals surface area contributed by atoms with Gasteiger partial charge in [0.1, 0.15) is 17.3 Å². The summed E-state index contributed by atoms with van der Waals surface area (Å²) in [6.45, 7) is 2.00. The second kappa shape index (κ2) is 4.85. The number of hydrogen-bond donors (Lipinski definition) is 1. The molecule has 20 heavy (non-hydrogen) atoms. The van der Waals surface area contributed by atoms with Crippen LogP contribution in [-0.2, 0) is 0 Å². The Morgan fingerprint density at radius 1 is 1.00 bits per heavy atom. The van der Waals surface area contributed by atoms with Gasteiger partial charge in [-0.1, -0.05) is 0 Å². The predicted octanol–water partition coefficient (Wildman–Crippen LogP) is 2.95. The third-order valence-electron chi connectivity index (χ3n) is 3.10. The van der Waals surface area contributed by atoms with E-state index >= 15 is 0 Å². The summed E-state index contributed by atoms with van der Waals surface area (Å²) in [5.41, 5.74) is 3.61. The van der Waals surface area contributed by atoms with Crippen LogP contribution >= 0.6 is 0 Å². The van der Waals surface area contributed by atoms with Gasteiger partial charge in [-0.3, -0.25) is 0 Å². The topological polar surface area (TPSA) is 60.0 Å². The Balaban J connectivity index is 2.14. The smallest absolute Gasteiger partial charge is 0.178 e. The van der Waals surface area contributed by atoms with Crippen molar-refractivity contribution in [3.05, 3.63) is 36.0 Å². The number of ether oxygens (including phenoxy) is 2. The van der Waals surface area contributed by atoms with Crippen LogP contribution in [0.2, 0.25) is 0 Å². The van der Waals surface area contributed by atoms with E-state index in [2.05, 4.69) is 15.0 Å². The maximum atomic E-state index is 5.27. The molecule has 0 aliphatic rings. The molecule has 0 radical (unpaired) electrons. The fraction of sp³-hybridized carbons (Fsp3) is 0.200. The standard InChI is InChI=1S/C15H15N3O2/c1-9-4-13-15(16-8-9)18-14(17-13)10-5-11(19-2)7-12(6-10)20-3/h4-8H,1-3H3,(H,16,17,18). The Bertz CT molecular complexity index is 743. The zero-order valence-corrected chi connectivity index (χ0v) is 11.6. The highest BCUT2D eigenvalue weighted by molar-refractivity contribution is 5.77. The average molecular weight is 269 g/mol. The number of H-pyrrole nitrogens is 1.